The van der Waals surface area contributed by atoms with Crippen molar-refractivity contribution in [2.45, 2.75) is 31.5 Å². The number of hydrogen-bond donors (Lipinski definition) is 1. The SMILES string of the molecule is CCCCn1c(SCC(=O)Nc2nc3ccccc3s2)nnc1-c1ccco1. The second-order valence-corrected chi connectivity index (χ2v) is 8.09. The predicted octanol–water partition coefficient (Wildman–Crippen LogP) is 4.68. The fourth-order valence-electron chi connectivity index (χ4n) is 2.71. The number of anilines is 1. The van der Waals surface area contributed by atoms with Crippen LogP contribution in [0.4, 0.5) is 5.13 Å². The summed E-state index contributed by atoms with van der Waals surface area (Å²) in [6.45, 7) is 2.91. The van der Waals surface area contributed by atoms with Gasteiger partial charge in [-0.15, -0.1) is 10.2 Å². The number of carbonyl (C=O) groups is 1. The highest BCUT2D eigenvalue weighted by Crippen LogP contribution is 2.27. The maximum absolute atomic E-state index is 12.4. The van der Waals surface area contributed by atoms with Crippen LogP contribution in [0.15, 0.2) is 52.2 Å². The highest BCUT2D eigenvalue weighted by molar-refractivity contribution is 7.99. The van der Waals surface area contributed by atoms with Gasteiger partial charge in [0.1, 0.15) is 0 Å². The number of aromatic nitrogens is 4. The third-order valence-electron chi connectivity index (χ3n) is 4.07. The Labute approximate surface area is 170 Å². The van der Waals surface area contributed by atoms with Crippen LogP contribution in [0, 0.1) is 0 Å². The van der Waals surface area contributed by atoms with Crippen molar-refractivity contribution in [1.82, 2.24) is 19.7 Å². The first-order valence-electron chi connectivity index (χ1n) is 9.00. The summed E-state index contributed by atoms with van der Waals surface area (Å²) in [6, 6.07) is 11.5. The van der Waals surface area contributed by atoms with E-state index in [1.54, 1.807) is 6.26 Å². The molecule has 4 rings (SSSR count). The van der Waals surface area contributed by atoms with Gasteiger partial charge in [0.15, 0.2) is 21.9 Å². The van der Waals surface area contributed by atoms with Crippen molar-refractivity contribution in [3.8, 4) is 11.6 Å². The monoisotopic (exact) mass is 413 g/mol. The van der Waals surface area contributed by atoms with Gasteiger partial charge in [0.2, 0.25) is 5.91 Å². The minimum absolute atomic E-state index is 0.117. The summed E-state index contributed by atoms with van der Waals surface area (Å²) in [5.41, 5.74) is 0.887. The number of carbonyl (C=O) groups excluding carboxylic acids is 1. The number of thiazole rings is 1. The largest absolute Gasteiger partial charge is 0.461 e. The summed E-state index contributed by atoms with van der Waals surface area (Å²) >= 11 is 2.83. The zero-order valence-electron chi connectivity index (χ0n) is 15.3. The molecule has 0 fully saturated rings. The van der Waals surface area contributed by atoms with Gasteiger partial charge >= 0.3 is 0 Å². The minimum atomic E-state index is -0.117. The molecule has 0 aliphatic carbocycles. The van der Waals surface area contributed by atoms with Gasteiger partial charge in [-0.1, -0.05) is 48.6 Å². The fraction of sp³-hybridized carbons (Fsp3) is 0.263. The maximum Gasteiger partial charge on any atom is 0.236 e. The molecular weight excluding hydrogens is 394 g/mol. The van der Waals surface area contributed by atoms with Gasteiger partial charge in [-0.3, -0.25) is 9.36 Å². The molecule has 0 aliphatic heterocycles. The second kappa shape index (κ2) is 8.57. The normalized spacial score (nSPS) is 11.2. The number of nitrogens with one attached hydrogen (secondary N) is 1. The second-order valence-electron chi connectivity index (χ2n) is 6.11. The molecule has 7 nitrogen and oxygen atoms in total. The molecule has 28 heavy (non-hydrogen) atoms. The van der Waals surface area contributed by atoms with Gasteiger partial charge in [0, 0.05) is 6.54 Å². The number of hydrogen-bond acceptors (Lipinski definition) is 7. The van der Waals surface area contributed by atoms with E-state index in [9.17, 15) is 4.79 Å². The van der Waals surface area contributed by atoms with Gasteiger partial charge in [0.25, 0.3) is 0 Å². The molecule has 0 saturated heterocycles. The van der Waals surface area contributed by atoms with Gasteiger partial charge in [-0.05, 0) is 30.7 Å². The standard InChI is InChI=1S/C19H19N5O2S2/c1-2-3-10-24-17(14-8-6-11-26-14)22-23-19(24)27-12-16(25)21-18-20-13-7-4-5-9-15(13)28-18/h4-9,11H,2-3,10,12H2,1H3,(H,20,21,25). The van der Waals surface area contributed by atoms with E-state index in [0.717, 1.165) is 29.6 Å². The average Bonchev–Trinajstić information content (AvgIpc) is 3.43. The molecule has 1 aromatic carbocycles. The molecule has 0 unspecified atom stereocenters. The zero-order chi connectivity index (χ0) is 19.3. The van der Waals surface area contributed by atoms with Crippen LogP contribution in [0.25, 0.3) is 21.8 Å². The Morgan fingerprint density at radius 3 is 2.93 bits per heavy atom. The molecule has 0 radical (unpaired) electrons. The molecule has 0 atom stereocenters. The minimum Gasteiger partial charge on any atom is -0.461 e. The van der Waals surface area contributed by atoms with Crippen molar-refractivity contribution < 1.29 is 9.21 Å². The van der Waals surface area contributed by atoms with Crippen molar-refractivity contribution in [2.75, 3.05) is 11.1 Å². The van der Waals surface area contributed by atoms with Crippen LogP contribution in [-0.2, 0) is 11.3 Å². The maximum atomic E-state index is 12.4. The lowest BCUT2D eigenvalue weighted by atomic mass is 10.3. The van der Waals surface area contributed by atoms with E-state index in [4.69, 9.17) is 4.42 Å². The summed E-state index contributed by atoms with van der Waals surface area (Å²) in [4.78, 5) is 16.8. The molecule has 0 bridgehead atoms. The van der Waals surface area contributed by atoms with Crippen molar-refractivity contribution in [3.05, 3.63) is 42.7 Å². The van der Waals surface area contributed by atoms with Gasteiger partial charge < -0.3 is 9.73 Å². The number of nitrogens with zero attached hydrogens (tertiary/aromatic N) is 4. The van der Waals surface area contributed by atoms with Crippen LogP contribution < -0.4 is 5.32 Å². The lowest BCUT2D eigenvalue weighted by molar-refractivity contribution is -0.113. The van der Waals surface area contributed by atoms with E-state index in [2.05, 4.69) is 27.4 Å². The topological polar surface area (TPSA) is 85.8 Å². The van der Waals surface area contributed by atoms with E-state index in [1.807, 2.05) is 41.0 Å². The van der Waals surface area contributed by atoms with E-state index in [-0.39, 0.29) is 11.7 Å². The van der Waals surface area contributed by atoms with Crippen LogP contribution in [0.1, 0.15) is 19.8 Å². The molecule has 0 saturated carbocycles. The quantitative estimate of drug-likeness (QED) is 0.422. The van der Waals surface area contributed by atoms with Gasteiger partial charge in [0.05, 0.1) is 22.2 Å². The highest BCUT2D eigenvalue weighted by Gasteiger charge is 2.17. The molecule has 144 valence electrons. The molecule has 4 aromatic rings. The Kier molecular flexibility index (Phi) is 5.73. The molecule has 1 amide bonds. The van der Waals surface area contributed by atoms with Crippen LogP contribution in [0.3, 0.4) is 0 Å². The lowest BCUT2D eigenvalue weighted by Gasteiger charge is -2.08. The summed E-state index contributed by atoms with van der Waals surface area (Å²) in [5, 5.41) is 12.7. The zero-order valence-corrected chi connectivity index (χ0v) is 16.9. The van der Waals surface area contributed by atoms with Crippen LogP contribution in [-0.4, -0.2) is 31.4 Å². The number of fused-ring (bicyclic) bond motifs is 1. The number of furan rings is 1. The smallest absolute Gasteiger partial charge is 0.236 e. The van der Waals surface area contributed by atoms with Gasteiger partial charge in [-0.25, -0.2) is 4.98 Å². The average molecular weight is 414 g/mol. The summed E-state index contributed by atoms with van der Waals surface area (Å²) in [7, 11) is 0. The number of rotatable bonds is 8. The molecule has 3 aromatic heterocycles. The van der Waals surface area contributed by atoms with Crippen molar-refractivity contribution in [2.24, 2.45) is 0 Å². The Bertz CT molecular complexity index is 1040. The first-order valence-corrected chi connectivity index (χ1v) is 10.8. The van der Waals surface area contributed by atoms with Crippen molar-refractivity contribution in [1.29, 1.82) is 0 Å². The van der Waals surface area contributed by atoms with Crippen molar-refractivity contribution >= 4 is 44.4 Å². The van der Waals surface area contributed by atoms with Crippen LogP contribution in [0.5, 0.6) is 0 Å². The fourth-order valence-corrected chi connectivity index (χ4v) is 4.36. The summed E-state index contributed by atoms with van der Waals surface area (Å²) in [5.74, 6) is 1.48. The van der Waals surface area contributed by atoms with E-state index in [1.165, 1.54) is 23.1 Å². The van der Waals surface area contributed by atoms with Crippen LogP contribution >= 0.6 is 23.1 Å². The van der Waals surface area contributed by atoms with Crippen LogP contribution in [0.2, 0.25) is 0 Å². The Hall–Kier alpha value is -2.65. The summed E-state index contributed by atoms with van der Waals surface area (Å²) in [6.07, 6.45) is 3.67. The Morgan fingerprint density at radius 2 is 2.14 bits per heavy atom. The first-order chi connectivity index (χ1) is 13.7. The number of amides is 1. The molecular formula is C19H19N5O2S2. The van der Waals surface area contributed by atoms with Gasteiger partial charge in [-0.2, -0.15) is 0 Å². The third-order valence-corrected chi connectivity index (χ3v) is 5.98. The Morgan fingerprint density at radius 1 is 1.25 bits per heavy atom. The predicted molar refractivity (Wildman–Crippen MR) is 112 cm³/mol. The number of para-hydroxylation sites is 1. The Balaban J connectivity index is 1.44. The highest BCUT2D eigenvalue weighted by atomic mass is 32.2. The molecule has 1 N–H and O–H groups in total. The molecule has 0 spiro atoms. The van der Waals surface area contributed by atoms with Crippen molar-refractivity contribution in [3.63, 3.8) is 0 Å². The number of benzene rings is 1. The van der Waals surface area contributed by atoms with E-state index in [0.29, 0.717) is 21.9 Å². The summed E-state index contributed by atoms with van der Waals surface area (Å²) < 4.78 is 8.53. The van der Waals surface area contributed by atoms with E-state index < -0.39 is 0 Å². The van der Waals surface area contributed by atoms with E-state index >= 15 is 0 Å². The number of thioether (sulfide) groups is 1. The number of unbranched alkanes of at least 4 members (excludes halogenated alkanes) is 1. The molecule has 0 aliphatic rings. The third kappa shape index (κ3) is 4.10. The molecule has 9 heteroatoms. The first kappa shape index (κ1) is 18.7. The lowest BCUT2D eigenvalue weighted by Crippen LogP contribution is -2.14. The molecule has 3 heterocycles.